The van der Waals surface area contributed by atoms with E-state index in [1.54, 1.807) is 4.90 Å². The Labute approximate surface area is 109 Å². The molecule has 1 heterocycles. The molecule has 1 fully saturated rings. The van der Waals surface area contributed by atoms with E-state index in [1.807, 2.05) is 0 Å². The SMILES string of the molecule is O=C(c1cccc(F)c1Cl)N1CCC(=NO)CC1. The van der Waals surface area contributed by atoms with Crippen molar-refractivity contribution in [1.82, 2.24) is 4.90 Å². The lowest BCUT2D eigenvalue weighted by Crippen LogP contribution is -2.38. The van der Waals surface area contributed by atoms with Crippen LogP contribution in [-0.4, -0.2) is 34.8 Å². The zero-order chi connectivity index (χ0) is 13.1. The molecule has 2 rings (SSSR count). The summed E-state index contributed by atoms with van der Waals surface area (Å²) in [7, 11) is 0. The van der Waals surface area contributed by atoms with Gasteiger partial charge in [0.05, 0.1) is 16.3 Å². The summed E-state index contributed by atoms with van der Waals surface area (Å²) in [5.74, 6) is -0.895. The number of nitrogens with zero attached hydrogens (tertiary/aromatic N) is 2. The molecule has 6 heteroatoms. The highest BCUT2D eigenvalue weighted by molar-refractivity contribution is 6.34. The van der Waals surface area contributed by atoms with Crippen LogP contribution in [0.5, 0.6) is 0 Å². The van der Waals surface area contributed by atoms with Gasteiger partial charge in [-0.2, -0.15) is 0 Å². The minimum Gasteiger partial charge on any atom is -0.411 e. The van der Waals surface area contributed by atoms with Crippen LogP contribution in [0.3, 0.4) is 0 Å². The van der Waals surface area contributed by atoms with Crippen LogP contribution in [0.4, 0.5) is 4.39 Å². The van der Waals surface area contributed by atoms with Gasteiger partial charge in [-0.15, -0.1) is 0 Å². The first kappa shape index (κ1) is 12.8. The number of halogens is 2. The molecule has 96 valence electrons. The van der Waals surface area contributed by atoms with Crippen molar-refractivity contribution in [2.24, 2.45) is 5.16 Å². The van der Waals surface area contributed by atoms with Gasteiger partial charge < -0.3 is 10.1 Å². The Kier molecular flexibility index (Phi) is 3.81. The van der Waals surface area contributed by atoms with Crippen LogP contribution in [0.25, 0.3) is 0 Å². The molecule has 1 amide bonds. The average Bonchev–Trinajstić information content (AvgIpc) is 2.41. The second-order valence-corrected chi connectivity index (χ2v) is 4.44. The standard InChI is InChI=1S/C12H12ClFN2O2/c13-11-9(2-1-3-10(11)14)12(17)16-6-4-8(15-18)5-7-16/h1-3,18H,4-7H2. The largest absolute Gasteiger partial charge is 0.411 e. The fraction of sp³-hybridized carbons (Fsp3) is 0.333. The Balaban J connectivity index is 2.15. The van der Waals surface area contributed by atoms with Gasteiger partial charge in [0, 0.05) is 25.9 Å². The first-order valence-corrected chi connectivity index (χ1v) is 5.94. The Morgan fingerprint density at radius 3 is 2.67 bits per heavy atom. The maximum atomic E-state index is 13.3. The molecular formula is C12H12ClFN2O2. The third-order valence-corrected chi connectivity index (χ3v) is 3.34. The number of likely N-dealkylation sites (tertiary alicyclic amines) is 1. The van der Waals surface area contributed by atoms with E-state index in [0.717, 1.165) is 0 Å². The topological polar surface area (TPSA) is 52.9 Å². The molecule has 0 radical (unpaired) electrons. The van der Waals surface area contributed by atoms with Gasteiger partial charge in [-0.3, -0.25) is 4.79 Å². The van der Waals surface area contributed by atoms with Crippen molar-refractivity contribution >= 4 is 23.2 Å². The Morgan fingerprint density at radius 2 is 2.06 bits per heavy atom. The Bertz CT molecular complexity index is 495. The van der Waals surface area contributed by atoms with E-state index in [1.165, 1.54) is 18.2 Å². The lowest BCUT2D eigenvalue weighted by molar-refractivity contribution is 0.0753. The molecule has 0 aliphatic carbocycles. The van der Waals surface area contributed by atoms with Crippen LogP contribution >= 0.6 is 11.6 Å². The van der Waals surface area contributed by atoms with Crippen LogP contribution in [0, 0.1) is 5.82 Å². The van der Waals surface area contributed by atoms with E-state index in [0.29, 0.717) is 31.6 Å². The molecule has 18 heavy (non-hydrogen) atoms. The van der Waals surface area contributed by atoms with Gasteiger partial charge in [-0.25, -0.2) is 4.39 Å². The van der Waals surface area contributed by atoms with Crippen LogP contribution in [0.2, 0.25) is 5.02 Å². The first-order valence-electron chi connectivity index (χ1n) is 5.56. The zero-order valence-corrected chi connectivity index (χ0v) is 10.3. The second-order valence-electron chi connectivity index (χ2n) is 4.06. The summed E-state index contributed by atoms with van der Waals surface area (Å²) in [6.45, 7) is 0.899. The number of piperidine rings is 1. The van der Waals surface area contributed by atoms with Gasteiger partial charge in [0.1, 0.15) is 5.82 Å². The molecule has 0 bridgehead atoms. The molecule has 0 aromatic heterocycles. The third kappa shape index (κ3) is 2.46. The molecule has 1 aromatic rings. The minimum absolute atomic E-state index is 0.149. The summed E-state index contributed by atoms with van der Waals surface area (Å²) in [5.41, 5.74) is 0.838. The van der Waals surface area contributed by atoms with Crippen molar-refractivity contribution in [2.75, 3.05) is 13.1 Å². The molecule has 1 aliphatic rings. The fourth-order valence-electron chi connectivity index (χ4n) is 1.91. The highest BCUT2D eigenvalue weighted by Gasteiger charge is 2.23. The predicted molar refractivity (Wildman–Crippen MR) is 65.8 cm³/mol. The lowest BCUT2D eigenvalue weighted by Gasteiger charge is -2.27. The van der Waals surface area contributed by atoms with Gasteiger partial charge in [0.15, 0.2) is 0 Å². The Morgan fingerprint density at radius 1 is 1.39 bits per heavy atom. The average molecular weight is 271 g/mol. The molecule has 1 N–H and O–H groups in total. The number of benzene rings is 1. The number of rotatable bonds is 1. The number of carbonyl (C=O) groups excluding carboxylic acids is 1. The van der Waals surface area contributed by atoms with Crippen molar-refractivity contribution in [1.29, 1.82) is 0 Å². The normalized spacial score (nSPS) is 15.7. The van der Waals surface area contributed by atoms with Crippen LogP contribution in [-0.2, 0) is 0 Å². The summed E-state index contributed by atoms with van der Waals surface area (Å²) in [5, 5.41) is 11.6. The molecule has 0 spiro atoms. The molecule has 0 unspecified atom stereocenters. The highest BCUT2D eigenvalue weighted by atomic mass is 35.5. The summed E-state index contributed by atoms with van der Waals surface area (Å²) < 4.78 is 13.3. The van der Waals surface area contributed by atoms with Gasteiger partial charge in [-0.05, 0) is 12.1 Å². The number of oxime groups is 1. The van der Waals surface area contributed by atoms with E-state index in [9.17, 15) is 9.18 Å². The predicted octanol–water partition coefficient (Wildman–Crippen LogP) is 2.55. The van der Waals surface area contributed by atoms with Gasteiger partial charge in [0.25, 0.3) is 5.91 Å². The summed E-state index contributed by atoms with van der Waals surface area (Å²) >= 11 is 5.78. The fourth-order valence-corrected chi connectivity index (χ4v) is 2.11. The van der Waals surface area contributed by atoms with Crippen LogP contribution < -0.4 is 0 Å². The van der Waals surface area contributed by atoms with Gasteiger partial charge in [-0.1, -0.05) is 22.8 Å². The number of carbonyl (C=O) groups is 1. The maximum Gasteiger partial charge on any atom is 0.255 e. The molecule has 1 aliphatic heterocycles. The van der Waals surface area contributed by atoms with E-state index >= 15 is 0 Å². The van der Waals surface area contributed by atoms with Gasteiger partial charge >= 0.3 is 0 Å². The van der Waals surface area contributed by atoms with Crippen LogP contribution in [0.15, 0.2) is 23.4 Å². The molecule has 1 saturated heterocycles. The van der Waals surface area contributed by atoms with Crippen molar-refractivity contribution in [3.05, 3.63) is 34.6 Å². The monoisotopic (exact) mass is 270 g/mol. The van der Waals surface area contributed by atoms with Crippen molar-refractivity contribution in [3.63, 3.8) is 0 Å². The van der Waals surface area contributed by atoms with Gasteiger partial charge in [0.2, 0.25) is 0 Å². The number of hydrogen-bond acceptors (Lipinski definition) is 3. The smallest absolute Gasteiger partial charge is 0.255 e. The summed E-state index contributed by atoms with van der Waals surface area (Å²) in [6.07, 6.45) is 1.05. The van der Waals surface area contributed by atoms with Crippen molar-refractivity contribution < 1.29 is 14.4 Å². The molecule has 4 nitrogen and oxygen atoms in total. The molecule has 0 saturated carbocycles. The molecular weight excluding hydrogens is 259 g/mol. The van der Waals surface area contributed by atoms with Crippen molar-refractivity contribution in [2.45, 2.75) is 12.8 Å². The number of hydrogen-bond donors (Lipinski definition) is 1. The lowest BCUT2D eigenvalue weighted by atomic mass is 10.1. The minimum atomic E-state index is -0.600. The zero-order valence-electron chi connectivity index (χ0n) is 9.57. The highest BCUT2D eigenvalue weighted by Crippen LogP contribution is 2.22. The summed E-state index contributed by atoms with van der Waals surface area (Å²) in [6, 6.07) is 4.17. The first-order chi connectivity index (χ1) is 8.63. The van der Waals surface area contributed by atoms with E-state index in [4.69, 9.17) is 16.8 Å². The molecule has 1 aromatic carbocycles. The quantitative estimate of drug-likeness (QED) is 0.630. The summed E-state index contributed by atoms with van der Waals surface area (Å²) in [4.78, 5) is 13.7. The van der Waals surface area contributed by atoms with Crippen LogP contribution in [0.1, 0.15) is 23.2 Å². The third-order valence-electron chi connectivity index (χ3n) is 2.95. The van der Waals surface area contributed by atoms with E-state index < -0.39 is 5.82 Å². The second kappa shape index (κ2) is 5.35. The van der Waals surface area contributed by atoms with Crippen molar-refractivity contribution in [3.8, 4) is 0 Å². The maximum absolute atomic E-state index is 13.3. The number of amides is 1. The molecule has 0 atom stereocenters. The Hall–Kier alpha value is -1.62. The van der Waals surface area contributed by atoms with E-state index in [-0.39, 0.29) is 16.5 Å². The van der Waals surface area contributed by atoms with E-state index in [2.05, 4.69) is 5.16 Å².